The predicted octanol–water partition coefficient (Wildman–Crippen LogP) is 5.09. The number of hydrogen-bond donors (Lipinski definition) is 0. The summed E-state index contributed by atoms with van der Waals surface area (Å²) < 4.78 is 15.6. The second kappa shape index (κ2) is 8.92. The van der Waals surface area contributed by atoms with E-state index in [-0.39, 0.29) is 24.6 Å². The van der Waals surface area contributed by atoms with Crippen LogP contribution in [-0.4, -0.2) is 22.3 Å². The molecular weight excluding hydrogens is 420 g/mol. The number of rotatable bonds is 6. The molecular formula is C26H18N2O5. The first-order valence-corrected chi connectivity index (χ1v) is 10.3. The molecule has 0 radical (unpaired) electrons. The van der Waals surface area contributed by atoms with E-state index in [1.54, 1.807) is 24.3 Å². The molecule has 0 atom stereocenters. The smallest absolute Gasteiger partial charge is 0.339 e. The molecule has 33 heavy (non-hydrogen) atoms. The van der Waals surface area contributed by atoms with Crippen molar-refractivity contribution >= 4 is 33.5 Å². The molecule has 5 rings (SSSR count). The number of hydrogen-bond acceptors (Lipinski definition) is 7. The van der Waals surface area contributed by atoms with Crippen molar-refractivity contribution < 1.29 is 23.7 Å². The number of ether oxygens (including phenoxy) is 2. The van der Waals surface area contributed by atoms with Gasteiger partial charge in [-0.1, -0.05) is 83.1 Å². The van der Waals surface area contributed by atoms with Gasteiger partial charge >= 0.3 is 11.9 Å². The van der Waals surface area contributed by atoms with Crippen molar-refractivity contribution in [2.24, 2.45) is 0 Å². The topological polar surface area (TPSA) is 91.5 Å². The molecule has 0 aliphatic rings. The zero-order valence-corrected chi connectivity index (χ0v) is 17.4. The Morgan fingerprint density at radius 1 is 0.606 bits per heavy atom. The largest absolute Gasteiger partial charge is 0.455 e. The van der Waals surface area contributed by atoms with Gasteiger partial charge in [-0.25, -0.2) is 14.2 Å². The van der Waals surface area contributed by atoms with Crippen LogP contribution in [0.4, 0.5) is 0 Å². The van der Waals surface area contributed by atoms with E-state index in [1.807, 2.05) is 60.7 Å². The molecule has 0 bridgehead atoms. The second-order valence-corrected chi connectivity index (χ2v) is 7.36. The van der Waals surface area contributed by atoms with E-state index in [0.717, 1.165) is 21.5 Å². The minimum Gasteiger partial charge on any atom is -0.455 e. The fourth-order valence-corrected chi connectivity index (χ4v) is 3.67. The Kier molecular flexibility index (Phi) is 5.51. The van der Waals surface area contributed by atoms with Crippen LogP contribution in [0, 0.1) is 0 Å². The molecule has 0 fully saturated rings. The van der Waals surface area contributed by atoms with Crippen molar-refractivity contribution in [3.8, 4) is 0 Å². The molecule has 0 saturated heterocycles. The molecule has 5 aromatic rings. The maximum atomic E-state index is 12.7. The number of nitrogens with zero attached hydrogens (tertiary/aromatic N) is 2. The highest BCUT2D eigenvalue weighted by Crippen LogP contribution is 2.21. The molecule has 162 valence electrons. The second-order valence-electron chi connectivity index (χ2n) is 7.36. The number of benzene rings is 4. The summed E-state index contributed by atoms with van der Waals surface area (Å²) in [6.45, 7) is -0.320. The third-order valence-electron chi connectivity index (χ3n) is 5.33. The first-order chi connectivity index (χ1) is 16.2. The van der Waals surface area contributed by atoms with Crippen LogP contribution < -0.4 is 0 Å². The van der Waals surface area contributed by atoms with E-state index in [0.29, 0.717) is 11.1 Å². The molecule has 7 heteroatoms. The van der Waals surface area contributed by atoms with Gasteiger partial charge in [-0.15, -0.1) is 0 Å². The standard InChI is InChI=1S/C26H18N2O5/c29-25(21-13-5-9-17-7-1-3-11-19(17)21)31-15-23-24(28-33-27-23)16-32-26(30)22-14-6-10-18-8-2-4-12-20(18)22/h1-14H,15-16H2. The lowest BCUT2D eigenvalue weighted by Crippen LogP contribution is -2.10. The lowest BCUT2D eigenvalue weighted by atomic mass is 10.0. The third-order valence-corrected chi connectivity index (χ3v) is 5.33. The Labute approximate surface area is 188 Å². The van der Waals surface area contributed by atoms with Gasteiger partial charge in [0.15, 0.2) is 0 Å². The van der Waals surface area contributed by atoms with Crippen molar-refractivity contribution in [2.75, 3.05) is 0 Å². The summed E-state index contributed by atoms with van der Waals surface area (Å²) in [5.41, 5.74) is 1.48. The fraction of sp³-hybridized carbons (Fsp3) is 0.0769. The van der Waals surface area contributed by atoms with Gasteiger partial charge in [-0.05, 0) is 33.7 Å². The lowest BCUT2D eigenvalue weighted by molar-refractivity contribution is 0.0432. The number of aromatic nitrogens is 2. The van der Waals surface area contributed by atoms with E-state index in [2.05, 4.69) is 10.3 Å². The Balaban J connectivity index is 1.26. The summed E-state index contributed by atoms with van der Waals surface area (Å²) in [5.74, 6) is -0.984. The van der Waals surface area contributed by atoms with Crippen molar-refractivity contribution in [3.05, 3.63) is 107 Å². The Hall–Kier alpha value is -4.52. The molecule has 0 saturated carbocycles. The summed E-state index contributed by atoms with van der Waals surface area (Å²) in [7, 11) is 0. The van der Waals surface area contributed by atoms with Crippen molar-refractivity contribution in [1.82, 2.24) is 10.3 Å². The minimum atomic E-state index is -0.492. The maximum Gasteiger partial charge on any atom is 0.339 e. The van der Waals surface area contributed by atoms with Crippen molar-refractivity contribution in [1.29, 1.82) is 0 Å². The monoisotopic (exact) mass is 438 g/mol. The molecule has 1 aromatic heterocycles. The molecule has 7 nitrogen and oxygen atoms in total. The van der Waals surface area contributed by atoms with Gasteiger partial charge < -0.3 is 9.47 Å². The highest BCUT2D eigenvalue weighted by atomic mass is 16.6. The average Bonchev–Trinajstić information content (AvgIpc) is 3.32. The third kappa shape index (κ3) is 4.16. The summed E-state index contributed by atoms with van der Waals surface area (Å²) in [5, 5.41) is 11.1. The molecule has 0 aliphatic carbocycles. The van der Waals surface area contributed by atoms with Crippen LogP contribution in [0.15, 0.2) is 89.6 Å². The van der Waals surface area contributed by atoms with Crippen LogP contribution in [0.25, 0.3) is 21.5 Å². The zero-order chi connectivity index (χ0) is 22.6. The van der Waals surface area contributed by atoms with Gasteiger partial charge in [0.05, 0.1) is 11.1 Å². The van der Waals surface area contributed by atoms with Gasteiger partial charge in [-0.3, -0.25) is 0 Å². The predicted molar refractivity (Wildman–Crippen MR) is 120 cm³/mol. The van der Waals surface area contributed by atoms with Crippen molar-refractivity contribution in [3.63, 3.8) is 0 Å². The summed E-state index contributed by atoms with van der Waals surface area (Å²) in [6, 6.07) is 26.0. The van der Waals surface area contributed by atoms with Gasteiger partial charge in [-0.2, -0.15) is 0 Å². The maximum absolute atomic E-state index is 12.7. The van der Waals surface area contributed by atoms with Crippen LogP contribution >= 0.6 is 0 Å². The summed E-state index contributed by atoms with van der Waals surface area (Å²) in [6.07, 6.45) is 0. The lowest BCUT2D eigenvalue weighted by Gasteiger charge is -2.08. The number of carbonyl (C=O) groups excluding carboxylic acids is 2. The van der Waals surface area contributed by atoms with E-state index in [9.17, 15) is 9.59 Å². The molecule has 0 N–H and O–H groups in total. The first kappa shape index (κ1) is 20.4. The molecule has 0 spiro atoms. The van der Waals surface area contributed by atoms with Gasteiger partial charge in [0.1, 0.15) is 24.6 Å². The van der Waals surface area contributed by atoms with Gasteiger partial charge in [0, 0.05) is 0 Å². The van der Waals surface area contributed by atoms with Crippen LogP contribution in [0.3, 0.4) is 0 Å². The molecule has 0 unspecified atom stereocenters. The van der Waals surface area contributed by atoms with Crippen LogP contribution in [-0.2, 0) is 22.7 Å². The minimum absolute atomic E-state index is 0.160. The SMILES string of the molecule is O=C(OCc1nonc1COC(=O)c1cccc2ccccc12)c1cccc2ccccc12. The highest BCUT2D eigenvalue weighted by Gasteiger charge is 2.18. The Morgan fingerprint density at radius 3 is 1.52 bits per heavy atom. The van der Waals surface area contributed by atoms with Gasteiger partial charge in [0.25, 0.3) is 0 Å². The molecule has 0 aliphatic heterocycles. The van der Waals surface area contributed by atoms with E-state index < -0.39 is 11.9 Å². The van der Waals surface area contributed by atoms with Gasteiger partial charge in [0.2, 0.25) is 0 Å². The van der Waals surface area contributed by atoms with E-state index in [4.69, 9.17) is 14.1 Å². The Morgan fingerprint density at radius 2 is 1.03 bits per heavy atom. The molecule has 1 heterocycles. The fourth-order valence-electron chi connectivity index (χ4n) is 3.67. The summed E-state index contributed by atoms with van der Waals surface area (Å²) >= 11 is 0. The number of fused-ring (bicyclic) bond motifs is 2. The first-order valence-electron chi connectivity index (χ1n) is 10.3. The van der Waals surface area contributed by atoms with Crippen molar-refractivity contribution in [2.45, 2.75) is 13.2 Å². The zero-order valence-electron chi connectivity index (χ0n) is 17.4. The van der Waals surface area contributed by atoms with Crippen LogP contribution in [0.2, 0.25) is 0 Å². The quantitative estimate of drug-likeness (QED) is 0.341. The van der Waals surface area contributed by atoms with E-state index >= 15 is 0 Å². The number of carbonyl (C=O) groups is 2. The van der Waals surface area contributed by atoms with Crippen LogP contribution in [0.5, 0.6) is 0 Å². The Bertz CT molecular complexity index is 1350. The summed E-state index contributed by atoms with van der Waals surface area (Å²) in [4.78, 5) is 25.3. The average molecular weight is 438 g/mol. The molecule has 0 amide bonds. The van der Waals surface area contributed by atoms with E-state index in [1.165, 1.54) is 0 Å². The van der Waals surface area contributed by atoms with Crippen LogP contribution in [0.1, 0.15) is 32.1 Å². The number of esters is 2. The normalized spacial score (nSPS) is 10.9. The highest BCUT2D eigenvalue weighted by molar-refractivity contribution is 6.05. The molecule has 4 aromatic carbocycles.